The van der Waals surface area contributed by atoms with Crippen molar-refractivity contribution in [1.29, 1.82) is 0 Å². The number of hydrogen-bond acceptors (Lipinski definition) is 3. The first-order chi connectivity index (χ1) is 7.15. The minimum absolute atomic E-state index is 0. The molecule has 0 radical (unpaired) electrons. The SMILES string of the molecule is CCOC(=O)C[C@H](N)c1ccccc1F.Cl. The highest BCUT2D eigenvalue weighted by atomic mass is 35.5. The van der Waals surface area contributed by atoms with Crippen molar-refractivity contribution in [2.75, 3.05) is 6.61 Å². The van der Waals surface area contributed by atoms with Crippen molar-refractivity contribution >= 4 is 18.4 Å². The Morgan fingerprint density at radius 3 is 2.69 bits per heavy atom. The van der Waals surface area contributed by atoms with Crippen molar-refractivity contribution in [3.05, 3.63) is 35.6 Å². The Kier molecular flexibility index (Phi) is 6.69. The topological polar surface area (TPSA) is 52.3 Å². The van der Waals surface area contributed by atoms with Crippen LogP contribution in [0.15, 0.2) is 24.3 Å². The number of nitrogens with two attached hydrogens (primary N) is 1. The molecule has 5 heteroatoms. The third-order valence-corrected chi connectivity index (χ3v) is 2.00. The molecule has 0 aliphatic rings. The van der Waals surface area contributed by atoms with E-state index in [1.54, 1.807) is 25.1 Å². The molecular weight excluding hydrogens is 233 g/mol. The predicted octanol–water partition coefficient (Wildman–Crippen LogP) is 2.20. The van der Waals surface area contributed by atoms with Gasteiger partial charge in [0.1, 0.15) is 5.82 Å². The highest BCUT2D eigenvalue weighted by Crippen LogP contribution is 2.17. The maximum Gasteiger partial charge on any atom is 0.307 e. The minimum Gasteiger partial charge on any atom is -0.466 e. The summed E-state index contributed by atoms with van der Waals surface area (Å²) >= 11 is 0. The molecule has 0 fully saturated rings. The quantitative estimate of drug-likeness (QED) is 0.830. The molecule has 90 valence electrons. The first-order valence-electron chi connectivity index (χ1n) is 4.80. The summed E-state index contributed by atoms with van der Waals surface area (Å²) < 4.78 is 18.0. The van der Waals surface area contributed by atoms with Crippen LogP contribution in [-0.4, -0.2) is 12.6 Å². The van der Waals surface area contributed by atoms with Gasteiger partial charge in [-0.25, -0.2) is 4.39 Å². The van der Waals surface area contributed by atoms with E-state index in [-0.39, 0.29) is 18.8 Å². The average Bonchev–Trinajstić information content (AvgIpc) is 2.18. The lowest BCUT2D eigenvalue weighted by atomic mass is 10.0. The molecule has 0 bridgehead atoms. The van der Waals surface area contributed by atoms with Gasteiger partial charge in [-0.3, -0.25) is 4.79 Å². The van der Waals surface area contributed by atoms with Gasteiger partial charge in [0, 0.05) is 11.6 Å². The van der Waals surface area contributed by atoms with Crippen LogP contribution in [0, 0.1) is 5.82 Å². The molecule has 1 atom stereocenters. The van der Waals surface area contributed by atoms with Gasteiger partial charge < -0.3 is 10.5 Å². The van der Waals surface area contributed by atoms with Gasteiger partial charge in [0.05, 0.1) is 13.0 Å². The molecule has 0 saturated heterocycles. The van der Waals surface area contributed by atoms with E-state index in [0.717, 1.165) is 0 Å². The lowest BCUT2D eigenvalue weighted by Gasteiger charge is -2.11. The van der Waals surface area contributed by atoms with Gasteiger partial charge in [-0.1, -0.05) is 18.2 Å². The zero-order valence-corrected chi connectivity index (χ0v) is 9.80. The fourth-order valence-corrected chi connectivity index (χ4v) is 1.29. The van der Waals surface area contributed by atoms with Crippen LogP contribution in [-0.2, 0) is 9.53 Å². The Morgan fingerprint density at radius 1 is 1.50 bits per heavy atom. The summed E-state index contributed by atoms with van der Waals surface area (Å²) in [4.78, 5) is 11.1. The number of esters is 1. The summed E-state index contributed by atoms with van der Waals surface area (Å²) in [5, 5.41) is 0. The molecule has 1 aromatic rings. The smallest absolute Gasteiger partial charge is 0.307 e. The predicted molar refractivity (Wildman–Crippen MR) is 61.8 cm³/mol. The fraction of sp³-hybridized carbons (Fsp3) is 0.364. The zero-order chi connectivity index (χ0) is 11.3. The van der Waals surface area contributed by atoms with E-state index in [0.29, 0.717) is 12.2 Å². The maximum atomic E-state index is 13.2. The third-order valence-electron chi connectivity index (χ3n) is 2.00. The van der Waals surface area contributed by atoms with Crippen LogP contribution in [0.5, 0.6) is 0 Å². The first-order valence-corrected chi connectivity index (χ1v) is 4.80. The van der Waals surface area contributed by atoms with Crippen LogP contribution in [0.4, 0.5) is 4.39 Å². The Balaban J connectivity index is 0.00000225. The van der Waals surface area contributed by atoms with Crippen LogP contribution >= 0.6 is 12.4 Å². The fourth-order valence-electron chi connectivity index (χ4n) is 1.29. The molecule has 0 saturated carbocycles. The average molecular weight is 248 g/mol. The van der Waals surface area contributed by atoms with E-state index in [2.05, 4.69) is 0 Å². The Hall–Kier alpha value is -1.13. The zero-order valence-electron chi connectivity index (χ0n) is 8.98. The molecule has 16 heavy (non-hydrogen) atoms. The lowest BCUT2D eigenvalue weighted by molar-refractivity contribution is -0.143. The number of benzene rings is 1. The summed E-state index contributed by atoms with van der Waals surface area (Å²) in [6.07, 6.45) is -0.00519. The monoisotopic (exact) mass is 247 g/mol. The maximum absolute atomic E-state index is 13.2. The summed E-state index contributed by atoms with van der Waals surface area (Å²) in [7, 11) is 0. The minimum atomic E-state index is -0.648. The number of rotatable bonds is 4. The van der Waals surface area contributed by atoms with Gasteiger partial charge in [-0.15, -0.1) is 12.4 Å². The molecule has 3 nitrogen and oxygen atoms in total. The highest BCUT2D eigenvalue weighted by Gasteiger charge is 2.15. The van der Waals surface area contributed by atoms with Crippen molar-refractivity contribution in [2.45, 2.75) is 19.4 Å². The van der Waals surface area contributed by atoms with Crippen molar-refractivity contribution in [3.63, 3.8) is 0 Å². The van der Waals surface area contributed by atoms with Gasteiger partial charge in [-0.05, 0) is 13.0 Å². The van der Waals surface area contributed by atoms with E-state index in [9.17, 15) is 9.18 Å². The second-order valence-electron chi connectivity index (χ2n) is 3.14. The molecule has 0 unspecified atom stereocenters. The van der Waals surface area contributed by atoms with Crippen LogP contribution in [0.3, 0.4) is 0 Å². The Morgan fingerprint density at radius 2 is 2.12 bits per heavy atom. The molecule has 1 aromatic carbocycles. The molecule has 2 N–H and O–H groups in total. The summed E-state index contributed by atoms with van der Waals surface area (Å²) in [6.45, 7) is 2.02. The number of carbonyl (C=O) groups excluding carboxylic acids is 1. The standard InChI is InChI=1S/C11H14FNO2.ClH/c1-2-15-11(14)7-10(13)8-5-3-4-6-9(8)12;/h3-6,10H,2,7,13H2,1H3;1H/t10-;/m0./s1. The van der Waals surface area contributed by atoms with E-state index in [1.165, 1.54) is 6.07 Å². The van der Waals surface area contributed by atoms with Crippen molar-refractivity contribution in [2.24, 2.45) is 5.73 Å². The van der Waals surface area contributed by atoms with Gasteiger partial charge >= 0.3 is 5.97 Å². The van der Waals surface area contributed by atoms with Crippen LogP contribution < -0.4 is 5.73 Å². The third kappa shape index (κ3) is 4.16. The Bertz CT molecular complexity index is 347. The van der Waals surface area contributed by atoms with Crippen molar-refractivity contribution in [3.8, 4) is 0 Å². The normalized spacial score (nSPS) is 11.4. The molecule has 1 rings (SSSR count). The second kappa shape index (κ2) is 7.19. The number of halogens is 2. The van der Waals surface area contributed by atoms with Crippen molar-refractivity contribution < 1.29 is 13.9 Å². The number of hydrogen-bond donors (Lipinski definition) is 1. The molecule has 0 amide bonds. The molecule has 0 heterocycles. The second-order valence-corrected chi connectivity index (χ2v) is 3.14. The molecule has 0 spiro atoms. The van der Waals surface area contributed by atoms with Crippen LogP contribution in [0.25, 0.3) is 0 Å². The van der Waals surface area contributed by atoms with Gasteiger partial charge in [-0.2, -0.15) is 0 Å². The summed E-state index contributed by atoms with van der Waals surface area (Å²) in [6, 6.07) is 5.50. The molecule has 0 aliphatic heterocycles. The largest absolute Gasteiger partial charge is 0.466 e. The van der Waals surface area contributed by atoms with Crippen LogP contribution in [0.1, 0.15) is 24.9 Å². The lowest BCUT2D eigenvalue weighted by Crippen LogP contribution is -2.18. The number of carbonyl (C=O) groups is 1. The van der Waals surface area contributed by atoms with Gasteiger partial charge in [0.2, 0.25) is 0 Å². The van der Waals surface area contributed by atoms with E-state index >= 15 is 0 Å². The van der Waals surface area contributed by atoms with Crippen LogP contribution in [0.2, 0.25) is 0 Å². The summed E-state index contributed by atoms with van der Waals surface area (Å²) in [5.74, 6) is -0.803. The first kappa shape index (κ1) is 14.9. The Labute approximate surface area is 100 Å². The van der Waals surface area contributed by atoms with Gasteiger partial charge in [0.15, 0.2) is 0 Å². The number of ether oxygens (including phenoxy) is 1. The van der Waals surface area contributed by atoms with Crippen molar-refractivity contribution in [1.82, 2.24) is 0 Å². The van der Waals surface area contributed by atoms with E-state index in [1.807, 2.05) is 0 Å². The van der Waals surface area contributed by atoms with Gasteiger partial charge in [0.25, 0.3) is 0 Å². The van der Waals surface area contributed by atoms with E-state index in [4.69, 9.17) is 10.5 Å². The molecule has 0 aliphatic carbocycles. The molecule has 0 aromatic heterocycles. The van der Waals surface area contributed by atoms with E-state index < -0.39 is 17.8 Å². The molecular formula is C11H15ClFNO2. The highest BCUT2D eigenvalue weighted by molar-refractivity contribution is 5.85. The summed E-state index contributed by atoms with van der Waals surface area (Å²) in [5.41, 5.74) is 6.02.